The van der Waals surface area contributed by atoms with E-state index in [0.29, 0.717) is 12.6 Å². The lowest BCUT2D eigenvalue weighted by Gasteiger charge is -2.16. The van der Waals surface area contributed by atoms with E-state index in [1.165, 1.54) is 5.69 Å². The van der Waals surface area contributed by atoms with Gasteiger partial charge < -0.3 is 15.0 Å². The number of nitrogens with zero attached hydrogens (tertiary/aromatic N) is 3. The summed E-state index contributed by atoms with van der Waals surface area (Å²) < 4.78 is 2.10. The van der Waals surface area contributed by atoms with Crippen molar-refractivity contribution in [3.63, 3.8) is 0 Å². The normalized spacial score (nSPS) is 15.6. The van der Waals surface area contributed by atoms with Crippen LogP contribution in [0.5, 0.6) is 0 Å². The summed E-state index contributed by atoms with van der Waals surface area (Å²) in [4.78, 5) is 9.29. The van der Waals surface area contributed by atoms with Gasteiger partial charge in [0.15, 0.2) is 5.96 Å². The molecular weight excluding hydrogens is 274 g/mol. The maximum Gasteiger partial charge on any atom is 0.191 e. The molecule has 2 aromatic rings. The first-order chi connectivity index (χ1) is 10.8. The van der Waals surface area contributed by atoms with Gasteiger partial charge >= 0.3 is 0 Å². The van der Waals surface area contributed by atoms with Gasteiger partial charge in [0.05, 0.1) is 12.2 Å². The maximum absolute atomic E-state index is 4.66. The molecule has 116 valence electrons. The van der Waals surface area contributed by atoms with E-state index in [1.807, 2.05) is 12.1 Å². The van der Waals surface area contributed by atoms with E-state index in [9.17, 15) is 0 Å². The Kier molecular flexibility index (Phi) is 4.42. The number of aliphatic imine (C=N–C) groups is 1. The van der Waals surface area contributed by atoms with Gasteiger partial charge in [-0.2, -0.15) is 0 Å². The van der Waals surface area contributed by atoms with Crippen molar-refractivity contribution in [3.8, 4) is 0 Å². The van der Waals surface area contributed by atoms with E-state index in [0.717, 1.165) is 36.7 Å². The standard InChI is InChI=1S/C17H23N5/c1-3-18-17(21-14-8-4-5-9-14)19-11-15-12-22-13(2)7-6-10-16(22)20-15/h4-7,10,12,14H,3,8-9,11H2,1-2H3,(H2,18,19,21). The van der Waals surface area contributed by atoms with Crippen LogP contribution in [0, 0.1) is 6.92 Å². The number of aryl methyl sites for hydroxylation is 1. The molecule has 0 fully saturated rings. The van der Waals surface area contributed by atoms with Gasteiger partial charge in [0.25, 0.3) is 0 Å². The number of guanidine groups is 1. The van der Waals surface area contributed by atoms with Gasteiger partial charge in [-0.25, -0.2) is 9.98 Å². The van der Waals surface area contributed by atoms with Gasteiger partial charge in [0.1, 0.15) is 5.65 Å². The van der Waals surface area contributed by atoms with Gasteiger partial charge in [-0.15, -0.1) is 0 Å². The number of aromatic nitrogens is 2. The summed E-state index contributed by atoms with van der Waals surface area (Å²) in [6, 6.07) is 6.60. The van der Waals surface area contributed by atoms with E-state index < -0.39 is 0 Å². The minimum atomic E-state index is 0.459. The Labute approximate surface area is 131 Å². The van der Waals surface area contributed by atoms with Gasteiger partial charge in [-0.05, 0) is 38.8 Å². The second kappa shape index (κ2) is 6.64. The number of nitrogens with one attached hydrogen (secondary N) is 2. The zero-order valence-corrected chi connectivity index (χ0v) is 13.2. The van der Waals surface area contributed by atoms with Crippen LogP contribution in [-0.2, 0) is 6.54 Å². The maximum atomic E-state index is 4.66. The molecule has 0 aliphatic heterocycles. The predicted molar refractivity (Wildman–Crippen MR) is 90.0 cm³/mol. The van der Waals surface area contributed by atoms with E-state index in [4.69, 9.17) is 0 Å². The summed E-state index contributed by atoms with van der Waals surface area (Å²) >= 11 is 0. The third kappa shape index (κ3) is 3.30. The molecule has 0 amide bonds. The van der Waals surface area contributed by atoms with Gasteiger partial charge in [0.2, 0.25) is 0 Å². The highest BCUT2D eigenvalue weighted by Crippen LogP contribution is 2.10. The molecule has 2 heterocycles. The summed E-state index contributed by atoms with van der Waals surface area (Å²) in [6.07, 6.45) is 8.63. The van der Waals surface area contributed by atoms with Crippen molar-refractivity contribution in [2.45, 2.75) is 39.3 Å². The molecule has 5 nitrogen and oxygen atoms in total. The Morgan fingerprint density at radius 1 is 1.36 bits per heavy atom. The van der Waals surface area contributed by atoms with Crippen LogP contribution in [0.4, 0.5) is 0 Å². The fourth-order valence-electron chi connectivity index (χ4n) is 2.68. The minimum Gasteiger partial charge on any atom is -0.357 e. The quantitative estimate of drug-likeness (QED) is 0.518. The SMILES string of the molecule is CCNC(=NCc1cn2c(C)cccc2n1)NC1CC=CC1. The summed E-state index contributed by atoms with van der Waals surface area (Å²) in [5.74, 6) is 0.866. The first-order valence-corrected chi connectivity index (χ1v) is 7.89. The first kappa shape index (κ1) is 14.6. The van der Waals surface area contributed by atoms with Gasteiger partial charge in [-0.1, -0.05) is 18.2 Å². The molecule has 0 saturated carbocycles. The van der Waals surface area contributed by atoms with Crippen molar-refractivity contribution in [1.29, 1.82) is 0 Å². The Morgan fingerprint density at radius 2 is 2.18 bits per heavy atom. The third-order valence-electron chi connectivity index (χ3n) is 3.84. The number of rotatable bonds is 4. The lowest BCUT2D eigenvalue weighted by atomic mass is 10.2. The van der Waals surface area contributed by atoms with Crippen LogP contribution in [0.3, 0.4) is 0 Å². The highest BCUT2D eigenvalue weighted by atomic mass is 15.2. The summed E-state index contributed by atoms with van der Waals surface area (Å²) in [6.45, 7) is 5.60. The smallest absolute Gasteiger partial charge is 0.191 e. The molecule has 2 aromatic heterocycles. The van der Waals surface area contributed by atoms with Gasteiger partial charge in [0, 0.05) is 24.5 Å². The molecule has 5 heteroatoms. The molecule has 1 aliphatic carbocycles. The molecule has 22 heavy (non-hydrogen) atoms. The molecule has 0 radical (unpaired) electrons. The average Bonchev–Trinajstić information content (AvgIpc) is 3.14. The lowest BCUT2D eigenvalue weighted by Crippen LogP contribution is -2.42. The average molecular weight is 297 g/mol. The molecule has 2 N–H and O–H groups in total. The van der Waals surface area contributed by atoms with Crippen molar-refractivity contribution in [1.82, 2.24) is 20.0 Å². The second-order valence-corrected chi connectivity index (χ2v) is 5.61. The topological polar surface area (TPSA) is 53.7 Å². The number of imidazole rings is 1. The molecule has 0 bridgehead atoms. The van der Waals surface area contributed by atoms with Crippen LogP contribution >= 0.6 is 0 Å². The summed E-state index contributed by atoms with van der Waals surface area (Å²) in [5, 5.41) is 6.78. The zero-order valence-electron chi connectivity index (χ0n) is 13.2. The molecular formula is C17H23N5. The van der Waals surface area contributed by atoms with Crippen molar-refractivity contribution in [2.75, 3.05) is 6.54 Å². The van der Waals surface area contributed by atoms with Crippen LogP contribution in [0.25, 0.3) is 5.65 Å². The molecule has 0 aromatic carbocycles. The van der Waals surface area contributed by atoms with Crippen LogP contribution in [0.1, 0.15) is 31.2 Å². The largest absolute Gasteiger partial charge is 0.357 e. The lowest BCUT2D eigenvalue weighted by molar-refractivity contribution is 0.633. The molecule has 0 atom stereocenters. The monoisotopic (exact) mass is 297 g/mol. The van der Waals surface area contributed by atoms with Gasteiger partial charge in [-0.3, -0.25) is 0 Å². The minimum absolute atomic E-state index is 0.459. The van der Waals surface area contributed by atoms with E-state index >= 15 is 0 Å². The first-order valence-electron chi connectivity index (χ1n) is 7.89. The summed E-state index contributed by atoms with van der Waals surface area (Å²) in [7, 11) is 0. The summed E-state index contributed by atoms with van der Waals surface area (Å²) in [5.41, 5.74) is 3.14. The van der Waals surface area contributed by atoms with E-state index in [1.54, 1.807) is 0 Å². The number of hydrogen-bond donors (Lipinski definition) is 2. The molecule has 3 rings (SSSR count). The Morgan fingerprint density at radius 3 is 2.91 bits per heavy atom. The third-order valence-corrected chi connectivity index (χ3v) is 3.84. The van der Waals surface area contributed by atoms with Crippen molar-refractivity contribution in [2.24, 2.45) is 4.99 Å². The Bertz CT molecular complexity index is 690. The molecule has 0 saturated heterocycles. The van der Waals surface area contributed by atoms with E-state index in [-0.39, 0.29) is 0 Å². The predicted octanol–water partition coefficient (Wildman–Crippen LogP) is 2.42. The highest BCUT2D eigenvalue weighted by molar-refractivity contribution is 5.80. The van der Waals surface area contributed by atoms with Crippen molar-refractivity contribution >= 4 is 11.6 Å². The Balaban J connectivity index is 1.71. The number of pyridine rings is 1. The zero-order chi connectivity index (χ0) is 15.4. The molecule has 0 spiro atoms. The second-order valence-electron chi connectivity index (χ2n) is 5.61. The molecule has 0 unspecified atom stereocenters. The number of hydrogen-bond acceptors (Lipinski definition) is 2. The Hall–Kier alpha value is -2.30. The van der Waals surface area contributed by atoms with Crippen LogP contribution in [0.15, 0.2) is 41.5 Å². The van der Waals surface area contributed by atoms with Crippen LogP contribution in [0.2, 0.25) is 0 Å². The fourth-order valence-corrected chi connectivity index (χ4v) is 2.68. The van der Waals surface area contributed by atoms with Crippen LogP contribution in [-0.4, -0.2) is 27.9 Å². The highest BCUT2D eigenvalue weighted by Gasteiger charge is 2.11. The fraction of sp³-hybridized carbons (Fsp3) is 0.412. The number of fused-ring (bicyclic) bond motifs is 1. The van der Waals surface area contributed by atoms with Crippen molar-refractivity contribution < 1.29 is 0 Å². The van der Waals surface area contributed by atoms with Crippen LogP contribution < -0.4 is 10.6 Å². The molecule has 1 aliphatic rings. The van der Waals surface area contributed by atoms with Crippen molar-refractivity contribution in [3.05, 3.63) is 47.9 Å². The van der Waals surface area contributed by atoms with E-state index in [2.05, 4.69) is 63.3 Å².